The van der Waals surface area contributed by atoms with Crippen molar-refractivity contribution in [3.05, 3.63) is 58.9 Å². The Morgan fingerprint density at radius 1 is 0.964 bits per heavy atom. The summed E-state index contributed by atoms with van der Waals surface area (Å²) in [5.41, 5.74) is 3.77. The number of halogens is 2. The molecule has 148 valence electrons. The lowest BCUT2D eigenvalue weighted by Gasteiger charge is -2.10. The molecule has 28 heavy (non-hydrogen) atoms. The molecule has 0 aromatic heterocycles. The Hall–Kier alpha value is -3.33. The predicted molar refractivity (Wildman–Crippen MR) is 96.5 cm³/mol. The van der Waals surface area contributed by atoms with Gasteiger partial charge in [0.05, 0.1) is 12.7 Å². The van der Waals surface area contributed by atoms with Crippen molar-refractivity contribution >= 4 is 29.4 Å². The normalized spacial score (nSPS) is 9.96. The summed E-state index contributed by atoms with van der Waals surface area (Å²) in [4.78, 5) is 35.0. The van der Waals surface area contributed by atoms with Crippen LogP contribution in [0.1, 0.15) is 10.4 Å². The number of ether oxygens (including phenoxy) is 3. The molecule has 0 radical (unpaired) electrons. The second kappa shape index (κ2) is 10.1. The van der Waals surface area contributed by atoms with Crippen LogP contribution in [0, 0.1) is 5.82 Å². The van der Waals surface area contributed by atoms with Crippen LogP contribution in [0.15, 0.2) is 42.5 Å². The summed E-state index contributed by atoms with van der Waals surface area (Å²) < 4.78 is 28.5. The van der Waals surface area contributed by atoms with Crippen molar-refractivity contribution in [3.63, 3.8) is 0 Å². The fourth-order valence-electron chi connectivity index (χ4n) is 1.89. The summed E-state index contributed by atoms with van der Waals surface area (Å²) in [7, 11) is 1.35. The van der Waals surface area contributed by atoms with E-state index in [2.05, 4.69) is 5.43 Å². The monoisotopic (exact) mass is 410 g/mol. The Morgan fingerprint density at radius 3 is 2.18 bits per heavy atom. The third-order valence-electron chi connectivity index (χ3n) is 3.26. The first-order valence-corrected chi connectivity index (χ1v) is 8.23. The number of amides is 2. The highest BCUT2D eigenvalue weighted by molar-refractivity contribution is 6.30. The average Bonchev–Trinajstić information content (AvgIpc) is 2.69. The second-order valence-corrected chi connectivity index (χ2v) is 5.70. The molecule has 2 N–H and O–H groups in total. The van der Waals surface area contributed by atoms with Gasteiger partial charge < -0.3 is 14.2 Å². The number of benzene rings is 2. The van der Waals surface area contributed by atoms with Crippen LogP contribution in [0.25, 0.3) is 0 Å². The summed E-state index contributed by atoms with van der Waals surface area (Å²) in [6.45, 7) is -1.08. The van der Waals surface area contributed by atoms with E-state index in [9.17, 15) is 18.8 Å². The van der Waals surface area contributed by atoms with Crippen LogP contribution in [-0.4, -0.2) is 38.1 Å². The lowest BCUT2D eigenvalue weighted by molar-refractivity contribution is -0.131. The summed E-state index contributed by atoms with van der Waals surface area (Å²) in [5.74, 6) is -2.69. The van der Waals surface area contributed by atoms with Crippen LogP contribution in [0.2, 0.25) is 5.02 Å². The topological polar surface area (TPSA) is 103 Å². The smallest absolute Gasteiger partial charge is 0.341 e. The van der Waals surface area contributed by atoms with Gasteiger partial charge in [-0.25, -0.2) is 9.18 Å². The van der Waals surface area contributed by atoms with Gasteiger partial charge in [0.25, 0.3) is 11.8 Å². The van der Waals surface area contributed by atoms with E-state index in [-0.39, 0.29) is 17.9 Å². The fraction of sp³-hybridized carbons (Fsp3) is 0.167. The van der Waals surface area contributed by atoms with Crippen molar-refractivity contribution in [2.75, 3.05) is 20.3 Å². The molecular formula is C18H16ClFN2O6. The van der Waals surface area contributed by atoms with Crippen molar-refractivity contribution in [2.45, 2.75) is 0 Å². The molecule has 0 atom stereocenters. The molecular weight excluding hydrogens is 395 g/mol. The van der Waals surface area contributed by atoms with Crippen molar-refractivity contribution < 1.29 is 33.0 Å². The minimum Gasteiger partial charge on any atom is -0.497 e. The number of hydrazine groups is 1. The van der Waals surface area contributed by atoms with Gasteiger partial charge in [0.1, 0.15) is 17.3 Å². The van der Waals surface area contributed by atoms with Crippen LogP contribution in [0.3, 0.4) is 0 Å². The number of nitrogens with one attached hydrogen (secondary N) is 2. The lowest BCUT2D eigenvalue weighted by Crippen LogP contribution is -2.45. The maximum absolute atomic E-state index is 13.8. The molecule has 0 fully saturated rings. The fourth-order valence-corrected chi connectivity index (χ4v) is 2.01. The van der Waals surface area contributed by atoms with Gasteiger partial charge in [0.2, 0.25) is 0 Å². The van der Waals surface area contributed by atoms with E-state index < -0.39 is 30.2 Å². The largest absolute Gasteiger partial charge is 0.497 e. The molecule has 0 heterocycles. The minimum atomic E-state index is -1.03. The number of hydrogen-bond acceptors (Lipinski definition) is 6. The maximum atomic E-state index is 13.8. The summed E-state index contributed by atoms with van der Waals surface area (Å²) in [6, 6.07) is 9.90. The Labute approximate surface area is 164 Å². The molecule has 2 aromatic carbocycles. The second-order valence-electron chi connectivity index (χ2n) is 5.26. The van der Waals surface area contributed by atoms with Gasteiger partial charge in [-0.1, -0.05) is 11.6 Å². The molecule has 0 spiro atoms. The molecule has 0 bridgehead atoms. The maximum Gasteiger partial charge on any atom is 0.341 e. The van der Waals surface area contributed by atoms with Crippen LogP contribution in [0.4, 0.5) is 4.39 Å². The van der Waals surface area contributed by atoms with Crippen LogP contribution < -0.4 is 20.3 Å². The zero-order valence-corrected chi connectivity index (χ0v) is 15.4. The first-order chi connectivity index (χ1) is 13.4. The van der Waals surface area contributed by atoms with Crippen LogP contribution >= 0.6 is 11.6 Å². The molecule has 0 aliphatic rings. The summed E-state index contributed by atoms with van der Waals surface area (Å²) in [5, 5.41) is 0.521. The van der Waals surface area contributed by atoms with Crippen LogP contribution in [0.5, 0.6) is 11.5 Å². The zero-order chi connectivity index (χ0) is 20.5. The zero-order valence-electron chi connectivity index (χ0n) is 14.7. The highest BCUT2D eigenvalue weighted by Crippen LogP contribution is 2.17. The van der Waals surface area contributed by atoms with E-state index in [1.54, 1.807) is 24.3 Å². The van der Waals surface area contributed by atoms with Crippen LogP contribution in [-0.2, 0) is 14.3 Å². The van der Waals surface area contributed by atoms with Gasteiger partial charge in [0.15, 0.2) is 13.2 Å². The minimum absolute atomic E-state index is 0.232. The van der Waals surface area contributed by atoms with E-state index in [1.165, 1.54) is 19.2 Å². The first kappa shape index (κ1) is 21.0. The Kier molecular flexibility index (Phi) is 7.58. The lowest BCUT2D eigenvalue weighted by atomic mass is 10.2. The molecule has 2 amide bonds. The number of esters is 1. The van der Waals surface area contributed by atoms with E-state index in [1.807, 2.05) is 5.43 Å². The molecule has 0 aliphatic carbocycles. The third-order valence-corrected chi connectivity index (χ3v) is 3.51. The summed E-state index contributed by atoms with van der Waals surface area (Å²) in [6.07, 6.45) is 0. The van der Waals surface area contributed by atoms with Crippen molar-refractivity contribution in [3.8, 4) is 11.5 Å². The Morgan fingerprint density at radius 2 is 1.57 bits per heavy atom. The van der Waals surface area contributed by atoms with E-state index in [4.69, 9.17) is 25.8 Å². The first-order valence-electron chi connectivity index (χ1n) is 7.85. The highest BCUT2D eigenvalue weighted by atomic mass is 35.5. The number of carbonyl (C=O) groups is 3. The average molecular weight is 411 g/mol. The standard InChI is InChI=1S/C18H16ClFN2O6/c1-26-13-6-7-14(15(20)8-13)18(25)28-10-17(24)22-21-16(23)9-27-12-4-2-11(19)3-5-12/h2-8H,9-10H2,1H3,(H,21,23)(H,22,24). The Bertz CT molecular complexity index is 860. The third kappa shape index (κ3) is 6.44. The van der Waals surface area contributed by atoms with Crippen molar-refractivity contribution in [1.29, 1.82) is 0 Å². The van der Waals surface area contributed by atoms with E-state index >= 15 is 0 Å². The number of methoxy groups -OCH3 is 1. The molecule has 0 saturated carbocycles. The number of carbonyl (C=O) groups excluding carboxylic acids is 3. The predicted octanol–water partition coefficient (Wildman–Crippen LogP) is 1.87. The number of hydrogen-bond donors (Lipinski definition) is 2. The molecule has 10 heteroatoms. The molecule has 0 unspecified atom stereocenters. The molecule has 8 nitrogen and oxygen atoms in total. The van der Waals surface area contributed by atoms with Gasteiger partial charge >= 0.3 is 5.97 Å². The molecule has 0 aliphatic heterocycles. The van der Waals surface area contributed by atoms with Gasteiger partial charge in [-0.3, -0.25) is 20.4 Å². The van der Waals surface area contributed by atoms with Crippen molar-refractivity contribution in [2.24, 2.45) is 0 Å². The molecule has 2 aromatic rings. The number of rotatable bonds is 7. The van der Waals surface area contributed by atoms with Gasteiger partial charge in [-0.2, -0.15) is 0 Å². The van der Waals surface area contributed by atoms with Gasteiger partial charge in [-0.15, -0.1) is 0 Å². The summed E-state index contributed by atoms with van der Waals surface area (Å²) >= 11 is 5.73. The molecule has 0 saturated heterocycles. The quantitative estimate of drug-likeness (QED) is 0.533. The highest BCUT2D eigenvalue weighted by Gasteiger charge is 2.16. The van der Waals surface area contributed by atoms with Crippen molar-refractivity contribution in [1.82, 2.24) is 10.9 Å². The molecule has 2 rings (SSSR count). The Balaban J connectivity index is 1.71. The van der Waals surface area contributed by atoms with E-state index in [0.717, 1.165) is 6.07 Å². The van der Waals surface area contributed by atoms with Gasteiger partial charge in [-0.05, 0) is 36.4 Å². The SMILES string of the molecule is COc1ccc(C(=O)OCC(=O)NNC(=O)COc2ccc(Cl)cc2)c(F)c1. The van der Waals surface area contributed by atoms with Gasteiger partial charge in [0, 0.05) is 11.1 Å². The van der Waals surface area contributed by atoms with E-state index in [0.29, 0.717) is 10.8 Å².